The van der Waals surface area contributed by atoms with Crippen LogP contribution in [0, 0.1) is 0 Å². The van der Waals surface area contributed by atoms with E-state index in [1.165, 1.54) is 0 Å². The number of ether oxygens (including phenoxy) is 1. The predicted molar refractivity (Wildman–Crippen MR) is 62.7 cm³/mol. The monoisotopic (exact) mass is 262 g/mol. The van der Waals surface area contributed by atoms with Crippen LogP contribution in [-0.4, -0.2) is 16.8 Å². The van der Waals surface area contributed by atoms with E-state index in [9.17, 15) is 9.00 Å². The third-order valence-electron chi connectivity index (χ3n) is 2.29. The van der Waals surface area contributed by atoms with Crippen molar-refractivity contribution < 1.29 is 22.1 Å². The van der Waals surface area contributed by atoms with Gasteiger partial charge in [0, 0.05) is 6.42 Å². The summed E-state index contributed by atoms with van der Waals surface area (Å²) in [5.74, 6) is -0.302. The Kier molecular flexibility index (Phi) is 6.04. The molecule has 1 rings (SSSR count). The minimum absolute atomic E-state index is 0.0401. The Morgan fingerprint density at radius 2 is 2.00 bits per heavy atom. The van der Waals surface area contributed by atoms with Gasteiger partial charge in [0.15, 0.2) is 5.76 Å². The topological polar surface area (TPSA) is 61.8 Å². The van der Waals surface area contributed by atoms with Crippen LogP contribution in [0.2, 0.25) is 0 Å². The van der Waals surface area contributed by atoms with Crippen LogP contribution < -0.4 is 0 Å². The number of carbonyl (C=O) groups is 1. The van der Waals surface area contributed by atoms with Gasteiger partial charge in [0.1, 0.15) is 0 Å². The van der Waals surface area contributed by atoms with Crippen molar-refractivity contribution >= 4 is 17.3 Å². The molecule has 0 bridgehead atoms. The predicted octanol–water partition coefficient (Wildman–Crippen LogP) is 2.36. The maximum absolute atomic E-state index is 11.5. The number of allylic oxidation sites excluding steroid dienone is 1. The SMILES string of the molecule is CCCCCCC1=C(C(=O)OCC)OS(=O)O1. The Morgan fingerprint density at radius 3 is 2.65 bits per heavy atom. The second-order valence-corrected chi connectivity index (χ2v) is 4.40. The quantitative estimate of drug-likeness (QED) is 0.520. The second kappa shape index (κ2) is 7.32. The molecule has 0 aromatic carbocycles. The van der Waals surface area contributed by atoms with E-state index in [1.807, 2.05) is 0 Å². The van der Waals surface area contributed by atoms with Crippen LogP contribution in [0.15, 0.2) is 11.5 Å². The van der Waals surface area contributed by atoms with Crippen LogP contribution in [0.3, 0.4) is 0 Å². The number of hydrogen-bond acceptors (Lipinski definition) is 5. The van der Waals surface area contributed by atoms with Crippen molar-refractivity contribution in [3.05, 3.63) is 11.5 Å². The van der Waals surface area contributed by atoms with Gasteiger partial charge >= 0.3 is 17.3 Å². The molecule has 0 aromatic heterocycles. The van der Waals surface area contributed by atoms with Crippen molar-refractivity contribution in [3.63, 3.8) is 0 Å². The maximum Gasteiger partial charge on any atom is 0.417 e. The summed E-state index contributed by atoms with van der Waals surface area (Å²) >= 11 is -1.89. The summed E-state index contributed by atoms with van der Waals surface area (Å²) < 4.78 is 25.6. The van der Waals surface area contributed by atoms with E-state index < -0.39 is 17.3 Å². The van der Waals surface area contributed by atoms with Gasteiger partial charge < -0.3 is 13.1 Å². The molecule has 0 radical (unpaired) electrons. The fraction of sp³-hybridized carbons (Fsp3) is 0.727. The van der Waals surface area contributed by atoms with Crippen LogP contribution >= 0.6 is 0 Å². The first-order chi connectivity index (χ1) is 8.19. The highest BCUT2D eigenvalue weighted by Crippen LogP contribution is 2.26. The lowest BCUT2D eigenvalue weighted by Gasteiger charge is -2.01. The van der Waals surface area contributed by atoms with Crippen LogP contribution in [0.25, 0.3) is 0 Å². The Labute approximate surface area is 104 Å². The molecule has 98 valence electrons. The summed E-state index contributed by atoms with van der Waals surface area (Å²) in [5.41, 5.74) is 0. The van der Waals surface area contributed by atoms with Crippen molar-refractivity contribution in [2.45, 2.75) is 46.0 Å². The van der Waals surface area contributed by atoms with Crippen molar-refractivity contribution in [2.24, 2.45) is 0 Å². The molecular weight excluding hydrogens is 244 g/mol. The minimum Gasteiger partial charge on any atom is -0.460 e. The normalized spacial score (nSPS) is 18.8. The molecule has 1 aliphatic heterocycles. The lowest BCUT2D eigenvalue weighted by molar-refractivity contribution is -0.140. The van der Waals surface area contributed by atoms with Gasteiger partial charge in [-0.2, -0.15) is 4.21 Å². The molecule has 6 heteroatoms. The molecule has 0 amide bonds. The highest BCUT2D eigenvalue weighted by Gasteiger charge is 2.31. The Bertz CT molecular complexity index is 324. The molecule has 0 spiro atoms. The smallest absolute Gasteiger partial charge is 0.417 e. The first-order valence-electron chi connectivity index (χ1n) is 5.87. The molecule has 1 aliphatic rings. The van der Waals surface area contributed by atoms with E-state index in [2.05, 4.69) is 6.92 Å². The molecule has 0 aliphatic carbocycles. The highest BCUT2D eigenvalue weighted by atomic mass is 32.2. The van der Waals surface area contributed by atoms with Gasteiger partial charge in [0.2, 0.25) is 0 Å². The molecular formula is C11H18O5S. The first-order valence-corrected chi connectivity index (χ1v) is 6.87. The fourth-order valence-electron chi connectivity index (χ4n) is 1.46. The molecule has 17 heavy (non-hydrogen) atoms. The minimum atomic E-state index is -1.89. The van der Waals surface area contributed by atoms with Crippen molar-refractivity contribution in [2.75, 3.05) is 6.61 Å². The van der Waals surface area contributed by atoms with Gasteiger partial charge in [-0.05, 0) is 13.3 Å². The van der Waals surface area contributed by atoms with Crippen LogP contribution in [0.4, 0.5) is 0 Å². The number of rotatable bonds is 7. The molecule has 0 fully saturated rings. The molecule has 0 saturated heterocycles. The van der Waals surface area contributed by atoms with Gasteiger partial charge in [-0.1, -0.05) is 26.2 Å². The third kappa shape index (κ3) is 4.38. The third-order valence-corrected chi connectivity index (χ3v) is 2.93. The van der Waals surface area contributed by atoms with E-state index in [4.69, 9.17) is 13.1 Å². The summed E-state index contributed by atoms with van der Waals surface area (Å²) in [4.78, 5) is 11.5. The zero-order chi connectivity index (χ0) is 12.7. The lowest BCUT2D eigenvalue weighted by atomic mass is 10.1. The van der Waals surface area contributed by atoms with Crippen molar-refractivity contribution in [1.82, 2.24) is 0 Å². The molecule has 1 unspecified atom stereocenters. The van der Waals surface area contributed by atoms with Crippen molar-refractivity contribution in [1.29, 1.82) is 0 Å². The number of carbonyl (C=O) groups excluding carboxylic acids is 1. The Morgan fingerprint density at radius 1 is 1.24 bits per heavy atom. The average Bonchev–Trinajstić information content (AvgIpc) is 2.66. The maximum atomic E-state index is 11.5. The highest BCUT2D eigenvalue weighted by molar-refractivity contribution is 7.75. The number of unbranched alkanes of at least 4 members (excludes halogenated alkanes) is 3. The summed E-state index contributed by atoms with van der Waals surface area (Å²) in [5, 5.41) is 0. The Hall–Kier alpha value is -1.04. The number of esters is 1. The summed E-state index contributed by atoms with van der Waals surface area (Å²) in [6.07, 6.45) is 4.75. The fourth-order valence-corrected chi connectivity index (χ4v) is 2.12. The van der Waals surface area contributed by atoms with Crippen LogP contribution in [-0.2, 0) is 29.3 Å². The summed E-state index contributed by atoms with van der Waals surface area (Å²) in [7, 11) is 0. The number of hydrogen-bond donors (Lipinski definition) is 0. The summed E-state index contributed by atoms with van der Waals surface area (Å²) in [6.45, 7) is 4.07. The van der Waals surface area contributed by atoms with E-state index in [1.54, 1.807) is 6.92 Å². The average molecular weight is 262 g/mol. The zero-order valence-corrected chi connectivity index (χ0v) is 11.0. The van der Waals surface area contributed by atoms with Gasteiger partial charge in [-0.3, -0.25) is 0 Å². The van der Waals surface area contributed by atoms with E-state index in [-0.39, 0.29) is 12.4 Å². The standard InChI is InChI=1S/C11H18O5S/c1-3-5-6-7-8-9-10(11(12)14-4-2)16-17(13)15-9/h3-8H2,1-2H3. The molecule has 5 nitrogen and oxygen atoms in total. The zero-order valence-electron chi connectivity index (χ0n) is 10.2. The second-order valence-electron chi connectivity index (χ2n) is 3.65. The molecule has 0 aromatic rings. The first kappa shape index (κ1) is 14.0. The van der Waals surface area contributed by atoms with Crippen molar-refractivity contribution in [3.8, 4) is 0 Å². The van der Waals surface area contributed by atoms with Gasteiger partial charge in [-0.25, -0.2) is 4.79 Å². The van der Waals surface area contributed by atoms with Crippen LogP contribution in [0.5, 0.6) is 0 Å². The van der Waals surface area contributed by atoms with Gasteiger partial charge in [0.05, 0.1) is 6.61 Å². The largest absolute Gasteiger partial charge is 0.460 e. The van der Waals surface area contributed by atoms with Gasteiger partial charge in [-0.15, -0.1) is 0 Å². The van der Waals surface area contributed by atoms with Gasteiger partial charge in [0.25, 0.3) is 5.76 Å². The summed E-state index contributed by atoms with van der Waals surface area (Å²) in [6, 6.07) is 0. The van der Waals surface area contributed by atoms with E-state index >= 15 is 0 Å². The molecule has 0 N–H and O–H groups in total. The lowest BCUT2D eigenvalue weighted by Crippen LogP contribution is -2.09. The molecule has 1 atom stereocenters. The molecule has 0 saturated carbocycles. The van der Waals surface area contributed by atoms with Crippen LogP contribution in [0.1, 0.15) is 46.0 Å². The molecule has 1 heterocycles. The van der Waals surface area contributed by atoms with E-state index in [0.29, 0.717) is 12.2 Å². The Balaban J connectivity index is 2.53. The van der Waals surface area contributed by atoms with E-state index in [0.717, 1.165) is 25.7 Å².